The summed E-state index contributed by atoms with van der Waals surface area (Å²) in [7, 11) is 0. The molecule has 0 aliphatic carbocycles. The predicted molar refractivity (Wildman–Crippen MR) is 203 cm³/mol. The molecular formula is C46H30N2. The molecule has 2 heterocycles. The summed E-state index contributed by atoms with van der Waals surface area (Å²) in [6.45, 7) is 0. The van der Waals surface area contributed by atoms with Crippen LogP contribution >= 0.6 is 0 Å². The Kier molecular flexibility index (Phi) is 5.91. The monoisotopic (exact) mass is 610 g/mol. The zero-order valence-electron chi connectivity index (χ0n) is 26.2. The van der Waals surface area contributed by atoms with Gasteiger partial charge in [0.05, 0.1) is 22.1 Å². The molecule has 0 aliphatic heterocycles. The molecule has 2 nitrogen and oxygen atoms in total. The number of benzene rings is 8. The van der Waals surface area contributed by atoms with Gasteiger partial charge in [-0.2, -0.15) is 0 Å². The predicted octanol–water partition coefficient (Wildman–Crippen LogP) is 12.4. The minimum atomic E-state index is 1.15. The molecule has 0 saturated carbocycles. The van der Waals surface area contributed by atoms with Gasteiger partial charge in [-0.15, -0.1) is 0 Å². The van der Waals surface area contributed by atoms with Crippen LogP contribution < -0.4 is 0 Å². The summed E-state index contributed by atoms with van der Waals surface area (Å²) in [4.78, 5) is 0. The lowest BCUT2D eigenvalue weighted by Gasteiger charge is -2.14. The van der Waals surface area contributed by atoms with Crippen molar-refractivity contribution in [1.29, 1.82) is 0 Å². The number of hydrogen-bond donors (Lipinski definition) is 0. The number of aromatic nitrogens is 2. The first-order chi connectivity index (χ1) is 23.8. The molecule has 0 amide bonds. The third-order valence-electron chi connectivity index (χ3n) is 9.87. The van der Waals surface area contributed by atoms with Crippen molar-refractivity contribution in [3.63, 3.8) is 0 Å². The van der Waals surface area contributed by atoms with Crippen LogP contribution in [0.1, 0.15) is 0 Å². The van der Waals surface area contributed by atoms with Gasteiger partial charge in [0.1, 0.15) is 0 Å². The summed E-state index contributed by atoms with van der Waals surface area (Å²) >= 11 is 0. The quantitative estimate of drug-likeness (QED) is 0.188. The van der Waals surface area contributed by atoms with E-state index >= 15 is 0 Å². The lowest BCUT2D eigenvalue weighted by molar-refractivity contribution is 1.18. The summed E-state index contributed by atoms with van der Waals surface area (Å²) in [6, 6.07) is 66.2. The fraction of sp³-hybridized carbons (Fsp3) is 0. The van der Waals surface area contributed by atoms with E-state index < -0.39 is 0 Å². The Morgan fingerprint density at radius 1 is 0.271 bits per heavy atom. The fourth-order valence-corrected chi connectivity index (χ4v) is 7.79. The molecule has 2 heteroatoms. The van der Waals surface area contributed by atoms with E-state index in [1.54, 1.807) is 0 Å². The van der Waals surface area contributed by atoms with Crippen LogP contribution in [0.5, 0.6) is 0 Å². The molecule has 0 fully saturated rings. The van der Waals surface area contributed by atoms with Gasteiger partial charge in [-0.3, -0.25) is 0 Å². The second-order valence-corrected chi connectivity index (χ2v) is 12.6. The highest BCUT2D eigenvalue weighted by Crippen LogP contribution is 2.43. The van der Waals surface area contributed by atoms with Crippen LogP contribution in [-0.4, -0.2) is 9.13 Å². The summed E-state index contributed by atoms with van der Waals surface area (Å²) in [5, 5.41) is 7.59. The molecule has 0 spiro atoms. The summed E-state index contributed by atoms with van der Waals surface area (Å²) in [5.41, 5.74) is 12.0. The minimum Gasteiger partial charge on any atom is -0.309 e. The zero-order valence-corrected chi connectivity index (χ0v) is 26.2. The molecular weight excluding hydrogens is 581 g/mol. The van der Waals surface area contributed by atoms with Gasteiger partial charge in [0.2, 0.25) is 0 Å². The normalized spacial score (nSPS) is 11.8. The molecule has 8 aromatic carbocycles. The Labute approximate surface area is 278 Å². The molecule has 0 atom stereocenters. The molecule has 0 bridgehead atoms. The minimum absolute atomic E-state index is 1.15. The van der Waals surface area contributed by atoms with Crippen LogP contribution in [0.2, 0.25) is 0 Å². The second kappa shape index (κ2) is 10.6. The van der Waals surface area contributed by atoms with E-state index in [-0.39, 0.29) is 0 Å². The van der Waals surface area contributed by atoms with Crippen LogP contribution in [0, 0.1) is 0 Å². The maximum Gasteiger partial charge on any atom is 0.0619 e. The molecule has 0 radical (unpaired) electrons. The van der Waals surface area contributed by atoms with Crippen molar-refractivity contribution in [2.24, 2.45) is 0 Å². The molecule has 10 rings (SSSR count). The summed E-state index contributed by atoms with van der Waals surface area (Å²) in [6.07, 6.45) is 0. The van der Waals surface area contributed by atoms with E-state index in [9.17, 15) is 0 Å². The number of fused-ring (bicyclic) bond motifs is 9. The highest BCUT2D eigenvalue weighted by atomic mass is 15.0. The van der Waals surface area contributed by atoms with E-state index in [1.165, 1.54) is 82.3 Å². The Balaban J connectivity index is 1.32. The third kappa shape index (κ3) is 4.00. The maximum atomic E-state index is 2.46. The molecule has 0 unspecified atom stereocenters. The van der Waals surface area contributed by atoms with Crippen molar-refractivity contribution in [3.8, 4) is 33.6 Å². The molecule has 224 valence electrons. The van der Waals surface area contributed by atoms with Crippen LogP contribution in [0.15, 0.2) is 182 Å². The van der Waals surface area contributed by atoms with Gasteiger partial charge in [0.15, 0.2) is 0 Å². The first-order valence-electron chi connectivity index (χ1n) is 16.5. The molecule has 0 saturated heterocycles. The Bertz CT molecular complexity index is 2750. The summed E-state index contributed by atoms with van der Waals surface area (Å²) in [5.74, 6) is 0. The first kappa shape index (κ1) is 26.8. The number of hydrogen-bond acceptors (Lipinski definition) is 0. The maximum absolute atomic E-state index is 2.46. The lowest BCUT2D eigenvalue weighted by atomic mass is 9.98. The van der Waals surface area contributed by atoms with Gasteiger partial charge in [-0.05, 0) is 76.2 Å². The van der Waals surface area contributed by atoms with Crippen molar-refractivity contribution in [2.45, 2.75) is 0 Å². The van der Waals surface area contributed by atoms with E-state index in [0.717, 1.165) is 5.69 Å². The van der Waals surface area contributed by atoms with Crippen molar-refractivity contribution in [1.82, 2.24) is 9.13 Å². The molecule has 2 aromatic heterocycles. The smallest absolute Gasteiger partial charge is 0.0619 e. The highest BCUT2D eigenvalue weighted by Gasteiger charge is 2.20. The summed E-state index contributed by atoms with van der Waals surface area (Å²) < 4.78 is 4.90. The van der Waals surface area contributed by atoms with E-state index in [2.05, 4.69) is 191 Å². The molecule has 10 aromatic rings. The highest BCUT2D eigenvalue weighted by molar-refractivity contribution is 6.28. The molecule has 0 aliphatic rings. The Morgan fingerprint density at radius 3 is 1.44 bits per heavy atom. The molecule has 0 N–H and O–H groups in total. The first-order valence-corrected chi connectivity index (χ1v) is 16.5. The van der Waals surface area contributed by atoms with Gasteiger partial charge < -0.3 is 9.13 Å². The van der Waals surface area contributed by atoms with Crippen LogP contribution in [-0.2, 0) is 0 Å². The van der Waals surface area contributed by atoms with Gasteiger partial charge in [0, 0.05) is 38.3 Å². The lowest BCUT2D eigenvalue weighted by Crippen LogP contribution is -1.96. The second-order valence-electron chi connectivity index (χ2n) is 12.6. The largest absolute Gasteiger partial charge is 0.309 e. The van der Waals surface area contributed by atoms with Crippen LogP contribution in [0.3, 0.4) is 0 Å². The van der Waals surface area contributed by atoms with Crippen LogP contribution in [0.25, 0.3) is 88.0 Å². The average Bonchev–Trinajstić information content (AvgIpc) is 3.69. The number of para-hydroxylation sites is 3. The topological polar surface area (TPSA) is 9.86 Å². The van der Waals surface area contributed by atoms with Gasteiger partial charge in [-0.25, -0.2) is 0 Å². The van der Waals surface area contributed by atoms with Crippen molar-refractivity contribution in [3.05, 3.63) is 182 Å². The Morgan fingerprint density at radius 2 is 0.771 bits per heavy atom. The Hall–Kier alpha value is -6.38. The standard InChI is InChI=1S/C46H30N2/c1-4-14-31(15-5-1)33-28-34(32-16-6-2-7-17-32)30-36(29-33)47-43-23-13-11-21-41(43)45-38-24-25-39-37-20-10-12-22-42(37)48(35-18-8-3-9-19-35)46(39)40(38)26-27-44(45)47/h1-30H. The van der Waals surface area contributed by atoms with Crippen molar-refractivity contribution < 1.29 is 0 Å². The van der Waals surface area contributed by atoms with Gasteiger partial charge in [0.25, 0.3) is 0 Å². The average molecular weight is 611 g/mol. The van der Waals surface area contributed by atoms with Crippen LogP contribution in [0.4, 0.5) is 0 Å². The molecule has 48 heavy (non-hydrogen) atoms. The third-order valence-corrected chi connectivity index (χ3v) is 9.87. The van der Waals surface area contributed by atoms with Crippen molar-refractivity contribution in [2.75, 3.05) is 0 Å². The van der Waals surface area contributed by atoms with Gasteiger partial charge >= 0.3 is 0 Å². The van der Waals surface area contributed by atoms with E-state index in [4.69, 9.17) is 0 Å². The van der Waals surface area contributed by atoms with E-state index in [0.29, 0.717) is 0 Å². The zero-order chi connectivity index (χ0) is 31.6. The number of rotatable bonds is 4. The number of nitrogens with zero attached hydrogens (tertiary/aromatic N) is 2. The SMILES string of the molecule is c1ccc(-c2cc(-c3ccccc3)cc(-n3c4ccccc4c4c5ccc6c7ccccc7n(-c7ccccc7)c6c5ccc43)c2)cc1. The van der Waals surface area contributed by atoms with Crippen molar-refractivity contribution >= 4 is 54.4 Å². The van der Waals surface area contributed by atoms with Gasteiger partial charge in [-0.1, -0.05) is 133 Å². The van der Waals surface area contributed by atoms with E-state index in [1.807, 2.05) is 0 Å². The fourth-order valence-electron chi connectivity index (χ4n) is 7.79.